The van der Waals surface area contributed by atoms with E-state index in [-0.39, 0.29) is 63.4 Å². The van der Waals surface area contributed by atoms with Crippen LogP contribution < -0.4 is 10.9 Å². The molecule has 3 aromatic carbocycles. The number of aromatic nitrogens is 1. The van der Waals surface area contributed by atoms with Crippen molar-refractivity contribution >= 4 is 45.2 Å². The van der Waals surface area contributed by atoms with Gasteiger partial charge in [-0.25, -0.2) is 4.79 Å². The number of Topliss-reactive ketones (excluding diaryl/α,β-unsaturated/α-hetero) is 1. The van der Waals surface area contributed by atoms with E-state index in [1.54, 1.807) is 13.8 Å². The number of fused-ring (bicyclic) bond motifs is 4. The number of rotatable bonds is 5. The van der Waals surface area contributed by atoms with Crippen molar-refractivity contribution in [1.82, 2.24) is 4.57 Å². The van der Waals surface area contributed by atoms with Gasteiger partial charge in [0, 0.05) is 48.0 Å². The average molecular weight is 614 g/mol. The van der Waals surface area contributed by atoms with Gasteiger partial charge in [0.25, 0.3) is 0 Å². The molecule has 3 atom stereocenters. The minimum atomic E-state index is -1.65. The SMILES string of the molecule is COC(=O)CCCn1cc2c(=O)c3c(c4c(C)cc(=O)c(c1O)c42)[C@H]1C(=O)c2c(C)cc(O)c4c2[C@]3(COC4=O)[C@H]1OC(C)=O. The molecule has 4 aromatic rings. The minimum Gasteiger partial charge on any atom is -0.507 e. The van der Waals surface area contributed by atoms with Gasteiger partial charge in [0.1, 0.15) is 24.0 Å². The Morgan fingerprint density at radius 1 is 1.02 bits per heavy atom. The molecule has 1 aliphatic heterocycles. The highest BCUT2D eigenvalue weighted by Gasteiger charge is 2.67. The Bertz CT molecular complexity index is 2200. The highest BCUT2D eigenvalue weighted by Crippen LogP contribution is 2.61. The van der Waals surface area contributed by atoms with E-state index in [9.17, 15) is 39.0 Å². The Morgan fingerprint density at radius 2 is 1.76 bits per heavy atom. The van der Waals surface area contributed by atoms with Crippen LogP contribution in [0, 0.1) is 13.8 Å². The second-order valence-corrected chi connectivity index (χ2v) is 11.9. The van der Waals surface area contributed by atoms with E-state index in [1.807, 2.05) is 0 Å². The molecule has 12 heteroatoms. The molecule has 7 rings (SSSR count). The van der Waals surface area contributed by atoms with E-state index in [0.717, 1.165) is 0 Å². The van der Waals surface area contributed by atoms with Gasteiger partial charge in [-0.15, -0.1) is 0 Å². The van der Waals surface area contributed by atoms with Crippen LogP contribution in [0.5, 0.6) is 11.6 Å². The highest BCUT2D eigenvalue weighted by molar-refractivity contribution is 6.19. The first kappa shape index (κ1) is 28.5. The predicted molar refractivity (Wildman–Crippen MR) is 157 cm³/mol. The maximum atomic E-state index is 14.9. The van der Waals surface area contributed by atoms with Crippen LogP contribution in [0.1, 0.15) is 74.2 Å². The summed E-state index contributed by atoms with van der Waals surface area (Å²) in [6.45, 7) is 4.03. The number of aromatic hydroxyl groups is 2. The smallest absolute Gasteiger partial charge is 0.342 e. The van der Waals surface area contributed by atoms with Crippen molar-refractivity contribution in [2.24, 2.45) is 0 Å². The average Bonchev–Trinajstić information content (AvgIpc) is 3.18. The summed E-state index contributed by atoms with van der Waals surface area (Å²) in [4.78, 5) is 80.2. The molecule has 2 bridgehead atoms. The molecule has 2 aliphatic carbocycles. The van der Waals surface area contributed by atoms with Gasteiger partial charge >= 0.3 is 17.9 Å². The number of methoxy groups -OCH3 is 1. The summed E-state index contributed by atoms with van der Waals surface area (Å²) in [5.41, 5.74) is -1.81. The van der Waals surface area contributed by atoms with Gasteiger partial charge < -0.3 is 29.0 Å². The maximum absolute atomic E-state index is 14.9. The van der Waals surface area contributed by atoms with E-state index < -0.39 is 70.2 Å². The molecule has 12 nitrogen and oxygen atoms in total. The van der Waals surface area contributed by atoms with Gasteiger partial charge in [-0.1, -0.05) is 0 Å². The van der Waals surface area contributed by atoms with Crippen LogP contribution in [0.4, 0.5) is 0 Å². The summed E-state index contributed by atoms with van der Waals surface area (Å²) in [6, 6.07) is 2.60. The Hall–Kier alpha value is -5.26. The number of pyridine rings is 1. The summed E-state index contributed by atoms with van der Waals surface area (Å²) in [7, 11) is 1.25. The van der Waals surface area contributed by atoms with Crippen molar-refractivity contribution in [3.63, 3.8) is 0 Å². The minimum absolute atomic E-state index is 0.0215. The fraction of sp³-hybridized carbons (Fsp3) is 0.333. The van der Waals surface area contributed by atoms with Crippen LogP contribution in [0.15, 0.2) is 27.9 Å². The van der Waals surface area contributed by atoms with Crippen molar-refractivity contribution in [3.8, 4) is 11.6 Å². The number of carbonyl (C=O) groups excluding carboxylic acids is 4. The van der Waals surface area contributed by atoms with Gasteiger partial charge in [0.05, 0.1) is 23.8 Å². The number of cyclic esters (lactones) is 1. The molecule has 2 N–H and O–H groups in total. The molecule has 230 valence electrons. The molecule has 0 fully saturated rings. The standard InChI is InChI=1S/C33H27NO11/c1-12-8-16(36)22-21-15(10-34(31(22)41)7-5-6-18(38)43-4)28(39)27-24(19(12)21)25-29(40)20-13(2)9-17(37)23-26(20)33(27,11-44-32(23)42)30(25)45-14(3)35/h8-10,25,30,37,41H,5-7,11H2,1-4H3/t25-,30-,33-/m0/s1. The van der Waals surface area contributed by atoms with E-state index in [0.29, 0.717) is 16.5 Å². The number of phenols is 1. The summed E-state index contributed by atoms with van der Waals surface area (Å²) in [5, 5.41) is 22.7. The summed E-state index contributed by atoms with van der Waals surface area (Å²) in [5.74, 6) is -4.68. The lowest BCUT2D eigenvalue weighted by Gasteiger charge is -2.44. The largest absolute Gasteiger partial charge is 0.507 e. The van der Waals surface area contributed by atoms with Crippen LogP contribution in [0.25, 0.3) is 21.5 Å². The van der Waals surface area contributed by atoms with E-state index in [1.165, 1.54) is 36.9 Å². The number of nitrogens with zero attached hydrogens (tertiary/aromatic N) is 1. The third kappa shape index (κ3) is 3.47. The Balaban J connectivity index is 1.66. The van der Waals surface area contributed by atoms with E-state index in [4.69, 9.17) is 14.2 Å². The third-order valence-electron chi connectivity index (χ3n) is 9.51. The van der Waals surface area contributed by atoms with Crippen molar-refractivity contribution in [3.05, 3.63) is 77.7 Å². The first-order chi connectivity index (χ1) is 21.3. The zero-order valence-corrected chi connectivity index (χ0v) is 24.7. The number of hydrogen-bond acceptors (Lipinski definition) is 11. The van der Waals surface area contributed by atoms with Gasteiger partial charge in [-0.3, -0.25) is 24.0 Å². The molecule has 3 aliphatic rings. The third-order valence-corrected chi connectivity index (χ3v) is 9.51. The Kier molecular flexibility index (Phi) is 5.94. The van der Waals surface area contributed by atoms with Crippen LogP contribution in [0.3, 0.4) is 0 Å². The first-order valence-electron chi connectivity index (χ1n) is 14.4. The van der Waals surface area contributed by atoms with Crippen molar-refractivity contribution in [2.45, 2.75) is 57.6 Å². The van der Waals surface area contributed by atoms with E-state index in [2.05, 4.69) is 0 Å². The summed E-state index contributed by atoms with van der Waals surface area (Å²) >= 11 is 0. The summed E-state index contributed by atoms with van der Waals surface area (Å²) in [6.07, 6.45) is 0.335. The molecule has 2 heterocycles. The molecular formula is C33H27NO11. The highest BCUT2D eigenvalue weighted by atomic mass is 16.6. The molecular weight excluding hydrogens is 586 g/mol. The fourth-order valence-corrected chi connectivity index (χ4v) is 7.89. The zero-order chi connectivity index (χ0) is 32.3. The fourth-order valence-electron chi connectivity index (χ4n) is 7.89. The lowest BCUT2D eigenvalue weighted by molar-refractivity contribution is -0.150. The number of benzene rings is 3. The molecule has 1 aromatic heterocycles. The van der Waals surface area contributed by atoms with Crippen molar-refractivity contribution < 1.29 is 43.6 Å². The number of carbonyl (C=O) groups is 4. The van der Waals surface area contributed by atoms with Crippen molar-refractivity contribution in [2.75, 3.05) is 13.7 Å². The second kappa shape index (κ2) is 9.37. The number of esters is 3. The second-order valence-electron chi connectivity index (χ2n) is 11.9. The predicted octanol–water partition coefficient (Wildman–Crippen LogP) is 2.62. The molecule has 1 spiro atoms. The number of aryl methyl sites for hydroxylation is 3. The topological polar surface area (TPSA) is 176 Å². The van der Waals surface area contributed by atoms with Crippen molar-refractivity contribution in [1.29, 1.82) is 0 Å². The molecule has 0 saturated heterocycles. The number of ether oxygens (including phenoxy) is 3. The van der Waals surface area contributed by atoms with Gasteiger partial charge in [-0.2, -0.15) is 0 Å². The maximum Gasteiger partial charge on any atom is 0.342 e. The Morgan fingerprint density at radius 3 is 2.44 bits per heavy atom. The monoisotopic (exact) mass is 613 g/mol. The normalized spacial score (nSPS) is 21.1. The zero-order valence-electron chi connectivity index (χ0n) is 24.7. The van der Waals surface area contributed by atoms with Crippen LogP contribution >= 0.6 is 0 Å². The number of hydrogen-bond donors (Lipinski definition) is 2. The summed E-state index contributed by atoms with van der Waals surface area (Å²) < 4.78 is 17.5. The molecule has 0 saturated carbocycles. The quantitative estimate of drug-likeness (QED) is 0.250. The van der Waals surface area contributed by atoms with Gasteiger partial charge in [0.15, 0.2) is 16.6 Å². The lowest BCUT2D eigenvalue weighted by Crippen LogP contribution is -2.55. The number of ketones is 1. The van der Waals surface area contributed by atoms with Crippen LogP contribution in [-0.2, 0) is 35.8 Å². The molecule has 0 unspecified atom stereocenters. The first-order valence-corrected chi connectivity index (χ1v) is 14.4. The Labute approximate surface area is 254 Å². The molecule has 45 heavy (non-hydrogen) atoms. The van der Waals surface area contributed by atoms with Gasteiger partial charge in [0.2, 0.25) is 5.88 Å². The van der Waals surface area contributed by atoms with Gasteiger partial charge in [-0.05, 0) is 60.0 Å². The van der Waals surface area contributed by atoms with Crippen LogP contribution in [-0.4, -0.2) is 58.3 Å². The molecule has 0 radical (unpaired) electrons. The molecule has 0 amide bonds. The lowest BCUT2D eigenvalue weighted by atomic mass is 9.63. The number of phenolic OH excluding ortho intramolecular Hbond substituents is 1. The van der Waals surface area contributed by atoms with E-state index >= 15 is 0 Å². The van der Waals surface area contributed by atoms with Crippen LogP contribution in [0.2, 0.25) is 0 Å².